The third-order valence-corrected chi connectivity index (χ3v) is 2.57. The summed E-state index contributed by atoms with van der Waals surface area (Å²) >= 11 is 3.19. The Hall–Kier alpha value is -0.670. The van der Waals surface area contributed by atoms with Crippen molar-refractivity contribution in [1.82, 2.24) is 0 Å². The molecule has 1 unspecified atom stereocenters. The maximum absolute atomic E-state index is 13.0. The van der Waals surface area contributed by atoms with E-state index in [0.717, 1.165) is 12.0 Å². The molecular formula is C12H14BrFO. The van der Waals surface area contributed by atoms with E-state index in [0.29, 0.717) is 16.5 Å². The second kappa shape index (κ2) is 5.42. The molecule has 1 aromatic rings. The molecule has 0 saturated carbocycles. The van der Waals surface area contributed by atoms with E-state index in [4.69, 9.17) is 0 Å². The summed E-state index contributed by atoms with van der Waals surface area (Å²) in [5.41, 5.74) is 1.62. The van der Waals surface area contributed by atoms with Crippen molar-refractivity contribution in [2.24, 2.45) is 0 Å². The molecule has 0 aromatic heterocycles. The molecule has 15 heavy (non-hydrogen) atoms. The molecule has 0 aliphatic heterocycles. The van der Waals surface area contributed by atoms with Gasteiger partial charge < -0.3 is 5.11 Å². The molecular weight excluding hydrogens is 259 g/mol. The summed E-state index contributed by atoms with van der Waals surface area (Å²) in [6, 6.07) is 4.45. The van der Waals surface area contributed by atoms with Crippen LogP contribution < -0.4 is 0 Å². The van der Waals surface area contributed by atoms with Crippen LogP contribution in [0.25, 0.3) is 0 Å². The number of hydrogen-bond donors (Lipinski definition) is 1. The van der Waals surface area contributed by atoms with Crippen molar-refractivity contribution in [3.05, 3.63) is 46.2 Å². The zero-order valence-electron chi connectivity index (χ0n) is 8.63. The van der Waals surface area contributed by atoms with Crippen molar-refractivity contribution in [2.45, 2.75) is 25.9 Å². The first-order chi connectivity index (χ1) is 6.99. The smallest absolute Gasteiger partial charge is 0.124 e. The summed E-state index contributed by atoms with van der Waals surface area (Å²) in [5.74, 6) is -0.339. The first-order valence-corrected chi connectivity index (χ1v) is 5.57. The van der Waals surface area contributed by atoms with E-state index in [2.05, 4.69) is 22.5 Å². The predicted octanol–water partition coefficient (Wildman–Crippen LogP) is 3.98. The lowest BCUT2D eigenvalue weighted by molar-refractivity contribution is 0.167. The van der Waals surface area contributed by atoms with Crippen LogP contribution in [0.3, 0.4) is 0 Å². The van der Waals surface area contributed by atoms with Crippen LogP contribution in [0, 0.1) is 5.82 Å². The van der Waals surface area contributed by atoms with Crippen LogP contribution in [-0.4, -0.2) is 5.11 Å². The van der Waals surface area contributed by atoms with Crippen molar-refractivity contribution >= 4 is 15.9 Å². The van der Waals surface area contributed by atoms with Crippen LogP contribution in [0.4, 0.5) is 4.39 Å². The SMILES string of the molecule is C=C(C)CCC(O)c1cc(F)cc(Br)c1. The molecule has 3 heteroatoms. The van der Waals surface area contributed by atoms with E-state index in [-0.39, 0.29) is 5.82 Å². The van der Waals surface area contributed by atoms with E-state index in [9.17, 15) is 9.50 Å². The van der Waals surface area contributed by atoms with E-state index >= 15 is 0 Å². The molecule has 0 amide bonds. The number of hydrogen-bond acceptors (Lipinski definition) is 1. The highest BCUT2D eigenvalue weighted by atomic mass is 79.9. The Labute approximate surface area is 97.8 Å². The third kappa shape index (κ3) is 4.14. The van der Waals surface area contributed by atoms with Gasteiger partial charge in [-0.05, 0) is 43.5 Å². The maximum Gasteiger partial charge on any atom is 0.124 e. The topological polar surface area (TPSA) is 20.2 Å². The lowest BCUT2D eigenvalue weighted by atomic mass is 10.0. The van der Waals surface area contributed by atoms with Crippen molar-refractivity contribution < 1.29 is 9.50 Å². The molecule has 0 saturated heterocycles. The van der Waals surface area contributed by atoms with Crippen LogP contribution in [-0.2, 0) is 0 Å². The van der Waals surface area contributed by atoms with Crippen LogP contribution in [0.2, 0.25) is 0 Å². The van der Waals surface area contributed by atoms with Gasteiger partial charge in [0.05, 0.1) is 6.10 Å². The maximum atomic E-state index is 13.0. The first-order valence-electron chi connectivity index (χ1n) is 4.77. The highest BCUT2D eigenvalue weighted by Crippen LogP contribution is 2.24. The number of aliphatic hydroxyl groups excluding tert-OH is 1. The van der Waals surface area contributed by atoms with Gasteiger partial charge in [0.1, 0.15) is 5.82 Å². The largest absolute Gasteiger partial charge is 0.388 e. The number of halogens is 2. The van der Waals surface area contributed by atoms with Gasteiger partial charge in [-0.3, -0.25) is 0 Å². The molecule has 0 radical (unpaired) electrons. The Morgan fingerprint density at radius 1 is 1.53 bits per heavy atom. The van der Waals surface area contributed by atoms with Crippen LogP contribution in [0.5, 0.6) is 0 Å². The minimum atomic E-state index is -0.631. The lowest BCUT2D eigenvalue weighted by Crippen LogP contribution is -1.98. The molecule has 1 N–H and O–H groups in total. The molecule has 1 rings (SSSR count). The van der Waals surface area contributed by atoms with Crippen LogP contribution >= 0.6 is 15.9 Å². The number of benzene rings is 1. The van der Waals surface area contributed by atoms with E-state index in [1.54, 1.807) is 6.07 Å². The van der Waals surface area contributed by atoms with Gasteiger partial charge in [-0.15, -0.1) is 6.58 Å². The highest BCUT2D eigenvalue weighted by molar-refractivity contribution is 9.10. The number of allylic oxidation sites excluding steroid dienone is 1. The fourth-order valence-electron chi connectivity index (χ4n) is 1.32. The fraction of sp³-hybridized carbons (Fsp3) is 0.333. The molecule has 0 fully saturated rings. The summed E-state index contributed by atoms with van der Waals surface area (Å²) in [7, 11) is 0. The summed E-state index contributed by atoms with van der Waals surface area (Å²) in [4.78, 5) is 0. The summed E-state index contributed by atoms with van der Waals surface area (Å²) in [6.45, 7) is 5.67. The Morgan fingerprint density at radius 2 is 2.20 bits per heavy atom. The molecule has 0 aliphatic carbocycles. The van der Waals surface area contributed by atoms with E-state index < -0.39 is 6.10 Å². The lowest BCUT2D eigenvalue weighted by Gasteiger charge is -2.11. The highest BCUT2D eigenvalue weighted by Gasteiger charge is 2.09. The van der Waals surface area contributed by atoms with Crippen molar-refractivity contribution in [1.29, 1.82) is 0 Å². The molecule has 1 atom stereocenters. The van der Waals surface area contributed by atoms with Gasteiger partial charge in [0, 0.05) is 4.47 Å². The fourth-order valence-corrected chi connectivity index (χ4v) is 1.80. The molecule has 0 heterocycles. The third-order valence-electron chi connectivity index (χ3n) is 2.11. The number of aliphatic hydroxyl groups is 1. The van der Waals surface area contributed by atoms with Gasteiger partial charge in [0.2, 0.25) is 0 Å². The monoisotopic (exact) mass is 272 g/mol. The quantitative estimate of drug-likeness (QED) is 0.823. The van der Waals surface area contributed by atoms with Gasteiger partial charge in [-0.1, -0.05) is 21.5 Å². The summed E-state index contributed by atoms with van der Waals surface area (Å²) in [6.07, 6.45) is 0.689. The van der Waals surface area contributed by atoms with E-state index in [1.165, 1.54) is 12.1 Å². The summed E-state index contributed by atoms with van der Waals surface area (Å²) in [5, 5.41) is 9.79. The zero-order chi connectivity index (χ0) is 11.4. The normalized spacial score (nSPS) is 12.5. The molecule has 1 aromatic carbocycles. The average molecular weight is 273 g/mol. The average Bonchev–Trinajstić information content (AvgIpc) is 2.12. The Kier molecular flexibility index (Phi) is 4.48. The van der Waals surface area contributed by atoms with Crippen LogP contribution in [0.1, 0.15) is 31.4 Å². The van der Waals surface area contributed by atoms with Crippen molar-refractivity contribution in [3.8, 4) is 0 Å². The zero-order valence-corrected chi connectivity index (χ0v) is 10.2. The summed E-state index contributed by atoms with van der Waals surface area (Å²) < 4.78 is 13.7. The first kappa shape index (κ1) is 12.4. The Morgan fingerprint density at radius 3 is 2.73 bits per heavy atom. The molecule has 0 bridgehead atoms. The Bertz CT molecular complexity index is 342. The van der Waals surface area contributed by atoms with Gasteiger partial charge >= 0.3 is 0 Å². The second-order valence-electron chi connectivity index (χ2n) is 3.71. The number of rotatable bonds is 4. The Balaban J connectivity index is 2.72. The molecule has 82 valence electrons. The standard InChI is InChI=1S/C12H14BrFO/c1-8(2)3-4-12(15)9-5-10(13)7-11(14)6-9/h5-7,12,15H,1,3-4H2,2H3. The van der Waals surface area contributed by atoms with Gasteiger partial charge in [-0.25, -0.2) is 4.39 Å². The van der Waals surface area contributed by atoms with Gasteiger partial charge in [0.25, 0.3) is 0 Å². The van der Waals surface area contributed by atoms with Crippen molar-refractivity contribution in [3.63, 3.8) is 0 Å². The molecule has 0 aliphatic rings. The minimum absolute atomic E-state index is 0.339. The molecule has 1 nitrogen and oxygen atoms in total. The van der Waals surface area contributed by atoms with Crippen LogP contribution in [0.15, 0.2) is 34.8 Å². The minimum Gasteiger partial charge on any atom is -0.388 e. The van der Waals surface area contributed by atoms with Crippen molar-refractivity contribution in [2.75, 3.05) is 0 Å². The second-order valence-corrected chi connectivity index (χ2v) is 4.63. The van der Waals surface area contributed by atoms with Gasteiger partial charge in [0.15, 0.2) is 0 Å². The predicted molar refractivity (Wildman–Crippen MR) is 63.1 cm³/mol. The molecule has 0 spiro atoms. The van der Waals surface area contributed by atoms with Gasteiger partial charge in [-0.2, -0.15) is 0 Å². The van der Waals surface area contributed by atoms with E-state index in [1.807, 2.05) is 6.92 Å².